The smallest absolute Gasteiger partial charge is 0.271 e. The van der Waals surface area contributed by atoms with E-state index >= 15 is 0 Å². The third-order valence-electron chi connectivity index (χ3n) is 6.65. The van der Waals surface area contributed by atoms with Crippen LogP contribution in [0.3, 0.4) is 0 Å². The molecule has 0 unspecified atom stereocenters. The summed E-state index contributed by atoms with van der Waals surface area (Å²) in [6, 6.07) is 10.8. The summed E-state index contributed by atoms with van der Waals surface area (Å²) in [5, 5.41) is 1.97. The van der Waals surface area contributed by atoms with Crippen molar-refractivity contribution < 1.29 is 0 Å². The van der Waals surface area contributed by atoms with E-state index in [1.54, 1.807) is 0 Å². The van der Waals surface area contributed by atoms with Crippen molar-refractivity contribution >= 4 is 21.6 Å². The van der Waals surface area contributed by atoms with Crippen molar-refractivity contribution in [2.75, 3.05) is 19.6 Å². The maximum atomic E-state index is 13.2. The number of thiophene rings is 1. The molecule has 0 N–H and O–H groups in total. The summed E-state index contributed by atoms with van der Waals surface area (Å²) >= 11 is 1.50. The highest BCUT2D eigenvalue weighted by Gasteiger charge is 2.18. The first-order chi connectivity index (χ1) is 14.3. The maximum absolute atomic E-state index is 13.2. The molecule has 3 heterocycles. The number of fused-ring (bicyclic) bond motifs is 1. The molecule has 0 bridgehead atoms. The minimum atomic E-state index is 0.107. The van der Waals surface area contributed by atoms with Gasteiger partial charge in [0.05, 0.1) is 5.52 Å². The normalized spacial score (nSPS) is 18.6. The van der Waals surface area contributed by atoms with E-state index in [0.717, 1.165) is 41.2 Å². The van der Waals surface area contributed by atoms with Crippen molar-refractivity contribution in [1.82, 2.24) is 14.5 Å². The molecule has 1 saturated heterocycles. The van der Waals surface area contributed by atoms with Gasteiger partial charge in [-0.25, -0.2) is 4.98 Å². The quantitative estimate of drug-likeness (QED) is 0.578. The van der Waals surface area contributed by atoms with E-state index in [4.69, 9.17) is 4.98 Å². The molecular weight excluding hydrogens is 378 g/mol. The third-order valence-corrected chi connectivity index (χ3v) is 7.54. The molecule has 2 aliphatic rings. The number of hydrogen-bond donors (Lipinski definition) is 0. The topological polar surface area (TPSA) is 38.1 Å². The molecule has 0 spiro atoms. The molecular formula is C24H29N3OS. The molecule has 0 radical (unpaired) electrons. The van der Waals surface area contributed by atoms with Gasteiger partial charge in [0.1, 0.15) is 10.5 Å². The standard InChI is InChI=1S/C24H29N3OS/c28-24-22-21(12-17-29-22)25-23(27(24)16-15-26-13-4-5-14-26)20-10-8-19(9-11-20)18-6-2-1-3-7-18/h8-12,17-18H,1-7,13-16H2. The summed E-state index contributed by atoms with van der Waals surface area (Å²) in [6.45, 7) is 3.93. The van der Waals surface area contributed by atoms with Crippen LogP contribution in [0.1, 0.15) is 56.4 Å². The zero-order valence-electron chi connectivity index (χ0n) is 17.0. The van der Waals surface area contributed by atoms with Crippen LogP contribution in [0.2, 0.25) is 0 Å². The van der Waals surface area contributed by atoms with Crippen LogP contribution in [0, 0.1) is 0 Å². The predicted molar refractivity (Wildman–Crippen MR) is 121 cm³/mol. The lowest BCUT2D eigenvalue weighted by atomic mass is 9.84. The summed E-state index contributed by atoms with van der Waals surface area (Å²) in [6.07, 6.45) is 9.22. The van der Waals surface area contributed by atoms with Crippen LogP contribution in [0.25, 0.3) is 21.6 Å². The Hall–Kier alpha value is -1.98. The van der Waals surface area contributed by atoms with Crippen molar-refractivity contribution in [3.05, 3.63) is 51.6 Å². The number of nitrogens with zero attached hydrogens (tertiary/aromatic N) is 3. The number of likely N-dealkylation sites (tertiary alicyclic amines) is 1. The number of aromatic nitrogens is 2. The molecule has 1 aliphatic carbocycles. The Morgan fingerprint density at radius 1 is 0.931 bits per heavy atom. The van der Waals surface area contributed by atoms with Crippen molar-refractivity contribution in [3.8, 4) is 11.4 Å². The summed E-state index contributed by atoms with van der Waals surface area (Å²) in [5.74, 6) is 1.51. The number of hydrogen-bond acceptors (Lipinski definition) is 4. The van der Waals surface area contributed by atoms with Crippen LogP contribution >= 0.6 is 11.3 Å². The zero-order valence-corrected chi connectivity index (χ0v) is 17.8. The first-order valence-electron chi connectivity index (χ1n) is 11.1. The highest BCUT2D eigenvalue weighted by atomic mass is 32.1. The van der Waals surface area contributed by atoms with Crippen molar-refractivity contribution in [3.63, 3.8) is 0 Å². The fourth-order valence-electron chi connectivity index (χ4n) is 4.96. The summed E-state index contributed by atoms with van der Waals surface area (Å²) in [5.41, 5.74) is 3.42. The van der Waals surface area contributed by atoms with Crippen LogP contribution < -0.4 is 5.56 Å². The third kappa shape index (κ3) is 3.90. The van der Waals surface area contributed by atoms with Gasteiger partial charge in [-0.05, 0) is 61.7 Å². The average molecular weight is 408 g/mol. The maximum Gasteiger partial charge on any atom is 0.271 e. The molecule has 5 heteroatoms. The van der Waals surface area contributed by atoms with E-state index in [9.17, 15) is 4.79 Å². The van der Waals surface area contributed by atoms with Gasteiger partial charge in [-0.15, -0.1) is 11.3 Å². The van der Waals surface area contributed by atoms with Crippen molar-refractivity contribution in [2.45, 2.75) is 57.4 Å². The molecule has 4 nitrogen and oxygen atoms in total. The van der Waals surface area contributed by atoms with Crippen molar-refractivity contribution in [2.24, 2.45) is 0 Å². The average Bonchev–Trinajstić information content (AvgIpc) is 3.46. The Balaban J connectivity index is 1.48. The Bertz CT molecular complexity index is 1020. The van der Waals surface area contributed by atoms with E-state index in [0.29, 0.717) is 12.5 Å². The summed E-state index contributed by atoms with van der Waals surface area (Å²) in [4.78, 5) is 20.6. The SMILES string of the molecule is O=c1c2sccc2nc(-c2ccc(C3CCCCC3)cc2)n1CCN1CCCC1. The number of rotatable bonds is 5. The second kappa shape index (κ2) is 8.41. The lowest BCUT2D eigenvalue weighted by molar-refractivity contribution is 0.321. The molecule has 0 atom stereocenters. The Kier molecular flexibility index (Phi) is 5.51. The van der Waals surface area contributed by atoms with Gasteiger partial charge < -0.3 is 4.90 Å². The molecule has 1 saturated carbocycles. The minimum absolute atomic E-state index is 0.107. The molecule has 29 heavy (non-hydrogen) atoms. The van der Waals surface area contributed by atoms with E-state index < -0.39 is 0 Å². The predicted octanol–water partition coefficient (Wildman–Crippen LogP) is 5.27. The lowest BCUT2D eigenvalue weighted by Gasteiger charge is -2.22. The zero-order chi connectivity index (χ0) is 19.6. The van der Waals surface area contributed by atoms with Crippen LogP contribution in [-0.2, 0) is 6.54 Å². The Morgan fingerprint density at radius 2 is 1.69 bits per heavy atom. The van der Waals surface area contributed by atoms with E-state index in [1.807, 2.05) is 16.0 Å². The van der Waals surface area contributed by atoms with Crippen LogP contribution in [0.4, 0.5) is 0 Å². The van der Waals surface area contributed by atoms with Gasteiger partial charge in [0.2, 0.25) is 0 Å². The highest BCUT2D eigenvalue weighted by Crippen LogP contribution is 2.33. The van der Waals surface area contributed by atoms with E-state index in [1.165, 1.54) is 61.8 Å². The van der Waals surface area contributed by atoms with E-state index in [-0.39, 0.29) is 5.56 Å². The van der Waals surface area contributed by atoms with Gasteiger partial charge >= 0.3 is 0 Å². The van der Waals surface area contributed by atoms with Gasteiger partial charge in [0, 0.05) is 18.7 Å². The lowest BCUT2D eigenvalue weighted by Crippen LogP contribution is -2.30. The number of benzene rings is 1. The molecule has 0 amide bonds. The van der Waals surface area contributed by atoms with Gasteiger partial charge in [-0.3, -0.25) is 9.36 Å². The second-order valence-electron chi connectivity index (χ2n) is 8.53. The highest BCUT2D eigenvalue weighted by molar-refractivity contribution is 7.17. The van der Waals surface area contributed by atoms with Gasteiger partial charge in [-0.1, -0.05) is 43.5 Å². The first-order valence-corrected chi connectivity index (χ1v) is 12.0. The molecule has 3 aromatic rings. The molecule has 152 valence electrons. The largest absolute Gasteiger partial charge is 0.302 e. The fourth-order valence-corrected chi connectivity index (χ4v) is 5.74. The van der Waals surface area contributed by atoms with Crippen LogP contribution in [-0.4, -0.2) is 34.1 Å². The second-order valence-corrected chi connectivity index (χ2v) is 9.45. The van der Waals surface area contributed by atoms with Gasteiger partial charge in [0.25, 0.3) is 5.56 Å². The summed E-state index contributed by atoms with van der Waals surface area (Å²) < 4.78 is 2.68. The molecule has 1 aliphatic heterocycles. The Morgan fingerprint density at radius 3 is 2.45 bits per heavy atom. The minimum Gasteiger partial charge on any atom is -0.302 e. The van der Waals surface area contributed by atoms with Gasteiger partial charge in [-0.2, -0.15) is 0 Å². The van der Waals surface area contributed by atoms with E-state index in [2.05, 4.69) is 29.2 Å². The summed E-state index contributed by atoms with van der Waals surface area (Å²) in [7, 11) is 0. The molecule has 1 aromatic carbocycles. The van der Waals surface area contributed by atoms with Crippen molar-refractivity contribution in [1.29, 1.82) is 0 Å². The van der Waals surface area contributed by atoms with Crippen LogP contribution in [0.5, 0.6) is 0 Å². The Labute approximate surface area is 176 Å². The monoisotopic (exact) mass is 407 g/mol. The van der Waals surface area contributed by atoms with Gasteiger partial charge in [0.15, 0.2) is 0 Å². The molecule has 2 aromatic heterocycles. The fraction of sp³-hybridized carbons (Fsp3) is 0.500. The first kappa shape index (κ1) is 19.0. The van der Waals surface area contributed by atoms with Crippen LogP contribution in [0.15, 0.2) is 40.5 Å². The molecule has 5 rings (SSSR count). The molecule has 2 fully saturated rings.